The highest BCUT2D eigenvalue weighted by Gasteiger charge is 2.04. The van der Waals surface area contributed by atoms with Gasteiger partial charge in [-0.3, -0.25) is 0 Å². The van der Waals surface area contributed by atoms with Gasteiger partial charge in [-0.2, -0.15) is 0 Å². The van der Waals surface area contributed by atoms with Crippen LogP contribution in [0.5, 0.6) is 0 Å². The van der Waals surface area contributed by atoms with E-state index >= 15 is 0 Å². The van der Waals surface area contributed by atoms with E-state index in [0.29, 0.717) is 5.82 Å². The quantitative estimate of drug-likeness (QED) is 0.722. The van der Waals surface area contributed by atoms with Crippen molar-refractivity contribution in [2.75, 3.05) is 5.73 Å². The van der Waals surface area contributed by atoms with E-state index in [1.54, 1.807) is 29.8 Å². The molecule has 0 amide bonds. The van der Waals surface area contributed by atoms with Crippen molar-refractivity contribution in [2.24, 2.45) is 0 Å². The number of thiophene rings is 1. The molecule has 0 atom stereocenters. The summed E-state index contributed by atoms with van der Waals surface area (Å²) < 4.78 is 0. The smallest absolute Gasteiger partial charge is 0.171 e. The zero-order valence-electron chi connectivity index (χ0n) is 6.27. The Kier molecular flexibility index (Phi) is 1.75. The Hall–Kier alpha value is -1.42. The van der Waals surface area contributed by atoms with Gasteiger partial charge < -0.3 is 5.73 Å². The van der Waals surface area contributed by atoms with Gasteiger partial charge in [-0.05, 0) is 17.5 Å². The fraction of sp³-hybridized carbons (Fsp3) is 0. The molecule has 0 radical (unpaired) electrons. The molecule has 12 heavy (non-hydrogen) atoms. The van der Waals surface area contributed by atoms with E-state index < -0.39 is 0 Å². The maximum absolute atomic E-state index is 5.70. The van der Waals surface area contributed by atoms with Crippen LogP contribution in [0.4, 0.5) is 5.69 Å². The molecule has 2 N–H and O–H groups in total. The minimum absolute atomic E-state index is 0.699. The number of nitrogen functional groups attached to an aromatic ring is 1. The molecular formula is C8H7N3S. The molecule has 2 aromatic heterocycles. The Labute approximate surface area is 73.9 Å². The van der Waals surface area contributed by atoms with Crippen LogP contribution in [-0.4, -0.2) is 9.97 Å². The van der Waals surface area contributed by atoms with Crippen LogP contribution in [0, 0.1) is 0 Å². The molecule has 0 aliphatic rings. The first-order chi connectivity index (χ1) is 5.88. The van der Waals surface area contributed by atoms with E-state index in [1.165, 1.54) is 0 Å². The molecule has 0 aromatic carbocycles. The summed E-state index contributed by atoms with van der Waals surface area (Å²) in [6.45, 7) is 0. The molecule has 0 aliphatic heterocycles. The number of nitrogens with zero attached hydrogens (tertiary/aromatic N) is 2. The number of aromatic nitrogens is 2. The summed E-state index contributed by atoms with van der Waals surface area (Å²) >= 11 is 1.55. The van der Waals surface area contributed by atoms with Crippen LogP contribution in [0.15, 0.2) is 29.9 Å². The SMILES string of the molecule is Nc1ccsc1-c1ncccn1. The van der Waals surface area contributed by atoms with Crippen LogP contribution in [0.3, 0.4) is 0 Å². The molecular weight excluding hydrogens is 170 g/mol. The standard InChI is InChI=1S/C8H7N3S/c9-6-2-5-12-7(6)8-10-3-1-4-11-8/h1-5H,9H2. The molecule has 3 nitrogen and oxygen atoms in total. The normalized spacial score (nSPS) is 10.0. The van der Waals surface area contributed by atoms with Crippen LogP contribution in [-0.2, 0) is 0 Å². The average molecular weight is 177 g/mol. The van der Waals surface area contributed by atoms with Crippen molar-refractivity contribution in [3.8, 4) is 10.7 Å². The molecule has 0 saturated carbocycles. The van der Waals surface area contributed by atoms with Crippen molar-refractivity contribution in [3.63, 3.8) is 0 Å². The lowest BCUT2D eigenvalue weighted by Crippen LogP contribution is -1.88. The van der Waals surface area contributed by atoms with Gasteiger partial charge in [0.05, 0.1) is 10.6 Å². The van der Waals surface area contributed by atoms with Gasteiger partial charge in [0.2, 0.25) is 0 Å². The maximum Gasteiger partial charge on any atom is 0.171 e. The van der Waals surface area contributed by atoms with Crippen LogP contribution < -0.4 is 5.73 Å². The number of anilines is 1. The van der Waals surface area contributed by atoms with Crippen LogP contribution in [0.1, 0.15) is 0 Å². The Morgan fingerprint density at radius 1 is 1.25 bits per heavy atom. The van der Waals surface area contributed by atoms with Crippen molar-refractivity contribution >= 4 is 17.0 Å². The summed E-state index contributed by atoms with van der Waals surface area (Å²) in [6, 6.07) is 3.64. The lowest BCUT2D eigenvalue weighted by atomic mass is 10.4. The van der Waals surface area contributed by atoms with Crippen molar-refractivity contribution in [1.29, 1.82) is 0 Å². The largest absolute Gasteiger partial charge is 0.397 e. The van der Waals surface area contributed by atoms with Gasteiger partial charge in [-0.15, -0.1) is 11.3 Å². The Balaban J connectivity index is 2.51. The topological polar surface area (TPSA) is 51.8 Å². The van der Waals surface area contributed by atoms with Gasteiger partial charge in [-0.1, -0.05) is 0 Å². The second kappa shape index (κ2) is 2.91. The third kappa shape index (κ3) is 1.16. The molecule has 0 unspecified atom stereocenters. The zero-order valence-corrected chi connectivity index (χ0v) is 7.08. The molecule has 4 heteroatoms. The van der Waals surface area contributed by atoms with Crippen molar-refractivity contribution in [1.82, 2.24) is 9.97 Å². The van der Waals surface area contributed by atoms with Crippen LogP contribution in [0.2, 0.25) is 0 Å². The fourth-order valence-electron chi connectivity index (χ4n) is 0.917. The molecule has 0 saturated heterocycles. The highest BCUT2D eigenvalue weighted by molar-refractivity contribution is 7.14. The maximum atomic E-state index is 5.70. The first kappa shape index (κ1) is 7.24. The third-order valence-corrected chi connectivity index (χ3v) is 2.39. The van der Waals surface area contributed by atoms with E-state index in [9.17, 15) is 0 Å². The molecule has 60 valence electrons. The summed E-state index contributed by atoms with van der Waals surface area (Å²) in [5.41, 5.74) is 6.44. The van der Waals surface area contributed by atoms with Gasteiger partial charge in [0.1, 0.15) is 0 Å². The lowest BCUT2D eigenvalue weighted by molar-refractivity contribution is 1.19. The van der Waals surface area contributed by atoms with E-state index in [-0.39, 0.29) is 0 Å². The number of nitrogens with two attached hydrogens (primary N) is 1. The molecule has 2 heterocycles. The third-order valence-electron chi connectivity index (χ3n) is 1.46. The van der Waals surface area contributed by atoms with Gasteiger partial charge >= 0.3 is 0 Å². The van der Waals surface area contributed by atoms with E-state index in [4.69, 9.17) is 5.73 Å². The summed E-state index contributed by atoms with van der Waals surface area (Å²) in [5, 5.41) is 1.93. The van der Waals surface area contributed by atoms with Gasteiger partial charge in [0.15, 0.2) is 5.82 Å². The Morgan fingerprint density at radius 3 is 2.58 bits per heavy atom. The molecule has 2 rings (SSSR count). The highest BCUT2D eigenvalue weighted by atomic mass is 32.1. The van der Waals surface area contributed by atoms with Crippen molar-refractivity contribution < 1.29 is 0 Å². The molecule has 2 aromatic rings. The number of rotatable bonds is 1. The predicted octanol–water partition coefficient (Wildman–Crippen LogP) is 1.79. The molecule has 0 aliphatic carbocycles. The average Bonchev–Trinajstić information content (AvgIpc) is 2.53. The second-order valence-electron chi connectivity index (χ2n) is 2.28. The fourth-order valence-corrected chi connectivity index (χ4v) is 1.68. The summed E-state index contributed by atoms with van der Waals surface area (Å²) in [4.78, 5) is 9.14. The van der Waals surface area contributed by atoms with E-state index in [1.807, 2.05) is 11.4 Å². The summed E-state index contributed by atoms with van der Waals surface area (Å²) in [7, 11) is 0. The molecule has 0 spiro atoms. The Morgan fingerprint density at radius 2 is 2.00 bits per heavy atom. The van der Waals surface area contributed by atoms with Crippen LogP contribution in [0.25, 0.3) is 10.7 Å². The van der Waals surface area contributed by atoms with Crippen molar-refractivity contribution in [3.05, 3.63) is 29.9 Å². The predicted molar refractivity (Wildman–Crippen MR) is 49.8 cm³/mol. The van der Waals surface area contributed by atoms with Gasteiger partial charge in [-0.25, -0.2) is 9.97 Å². The summed E-state index contributed by atoms with van der Waals surface area (Å²) in [5.74, 6) is 0.699. The second-order valence-corrected chi connectivity index (χ2v) is 3.19. The number of hydrogen-bond donors (Lipinski definition) is 1. The van der Waals surface area contributed by atoms with E-state index in [2.05, 4.69) is 9.97 Å². The lowest BCUT2D eigenvalue weighted by Gasteiger charge is -1.94. The van der Waals surface area contributed by atoms with Gasteiger partial charge in [0.25, 0.3) is 0 Å². The summed E-state index contributed by atoms with van der Waals surface area (Å²) in [6.07, 6.45) is 3.42. The molecule has 0 bridgehead atoms. The zero-order chi connectivity index (χ0) is 8.39. The first-order valence-electron chi connectivity index (χ1n) is 3.48. The minimum Gasteiger partial charge on any atom is -0.397 e. The monoisotopic (exact) mass is 177 g/mol. The molecule has 0 fully saturated rings. The van der Waals surface area contributed by atoms with E-state index in [0.717, 1.165) is 10.6 Å². The number of hydrogen-bond acceptors (Lipinski definition) is 4. The first-order valence-corrected chi connectivity index (χ1v) is 4.36. The Bertz CT molecular complexity index is 369. The van der Waals surface area contributed by atoms with Crippen molar-refractivity contribution in [2.45, 2.75) is 0 Å². The highest BCUT2D eigenvalue weighted by Crippen LogP contribution is 2.27. The minimum atomic E-state index is 0.699. The van der Waals surface area contributed by atoms with Gasteiger partial charge in [0, 0.05) is 12.4 Å². The van der Waals surface area contributed by atoms with Crippen LogP contribution >= 0.6 is 11.3 Å².